The molecule has 21 nitrogen and oxygen atoms in total. The second kappa shape index (κ2) is 29.3. The highest BCUT2D eigenvalue weighted by Gasteiger charge is 2.56. The second-order valence-corrected chi connectivity index (χ2v) is 21.7. The number of carbonyl (C=O) groups is 5. The van der Waals surface area contributed by atoms with Crippen LogP contribution in [-0.4, -0.2) is 126 Å². The normalized spacial score (nSPS) is 20.4. The number of hydrogen-bond donors (Lipinski definition) is 0. The molecule has 0 radical (unpaired) electrons. The minimum atomic E-state index is -1.58. The molecule has 7 aromatic carbocycles. The number of aromatic nitrogens is 4. The van der Waals surface area contributed by atoms with Crippen LogP contribution in [0.3, 0.4) is 0 Å². The van der Waals surface area contributed by atoms with Crippen molar-refractivity contribution in [3.05, 3.63) is 252 Å². The van der Waals surface area contributed by atoms with Gasteiger partial charge >= 0.3 is 17.9 Å². The number of imidazole rings is 1. The summed E-state index contributed by atoms with van der Waals surface area (Å²) >= 11 is 0. The van der Waals surface area contributed by atoms with Gasteiger partial charge in [-0.1, -0.05) is 152 Å². The van der Waals surface area contributed by atoms with Gasteiger partial charge in [0.2, 0.25) is 0 Å². The number of nitrogens with zero attached hydrogens (tertiary/aromatic N) is 5. The van der Waals surface area contributed by atoms with Gasteiger partial charge in [0.25, 0.3) is 11.8 Å². The summed E-state index contributed by atoms with van der Waals surface area (Å²) in [5, 5.41) is 0. The van der Waals surface area contributed by atoms with E-state index in [1.165, 1.54) is 33.4 Å². The zero-order valence-electron chi connectivity index (χ0n) is 51.0. The third-order valence-corrected chi connectivity index (χ3v) is 15.7. The first kappa shape index (κ1) is 63.6. The maximum atomic E-state index is 14.8. The van der Waals surface area contributed by atoms with Gasteiger partial charge in [0.05, 0.1) is 40.4 Å². The smallest absolute Gasteiger partial charge is 0.303 e. The Hall–Kier alpha value is -10.0. The Morgan fingerprint density at radius 2 is 0.989 bits per heavy atom. The molecule has 4 heterocycles. The molecule has 21 heteroatoms. The summed E-state index contributed by atoms with van der Waals surface area (Å²) in [6.45, 7) is 2.68. The number of anilines is 1. The van der Waals surface area contributed by atoms with E-state index in [-0.39, 0.29) is 47.9 Å². The van der Waals surface area contributed by atoms with Crippen LogP contribution in [0.25, 0.3) is 11.2 Å². The zero-order chi connectivity index (χ0) is 64.1. The molecule has 2 aromatic heterocycles. The average Bonchev–Trinajstić information content (AvgIpc) is 1.43. The van der Waals surface area contributed by atoms with Crippen molar-refractivity contribution in [1.29, 1.82) is 0 Å². The van der Waals surface area contributed by atoms with Gasteiger partial charge < -0.3 is 52.1 Å². The monoisotopic (exact) mass is 1250 g/mol. The Bertz CT molecular complexity index is 3850. The van der Waals surface area contributed by atoms with E-state index in [0.717, 1.165) is 27.2 Å². The highest BCUT2D eigenvalue weighted by atomic mass is 16.8. The van der Waals surface area contributed by atoms with Gasteiger partial charge in [0.1, 0.15) is 60.6 Å². The van der Waals surface area contributed by atoms with Crippen LogP contribution in [0.15, 0.2) is 213 Å². The van der Waals surface area contributed by atoms with E-state index in [9.17, 15) is 24.0 Å². The molecule has 0 spiro atoms. The highest BCUT2D eigenvalue weighted by Crippen LogP contribution is 2.45. The third kappa shape index (κ3) is 14.1. The lowest BCUT2D eigenvalue weighted by Gasteiger charge is -2.45. The van der Waals surface area contributed by atoms with Gasteiger partial charge in [-0.3, -0.25) is 28.5 Å². The molecular weight excluding hydrogens is 1180 g/mol. The summed E-state index contributed by atoms with van der Waals surface area (Å²) in [7, 11) is 3.15. The fraction of sp³-hybridized carbons (Fsp3) is 0.268. The molecule has 0 bridgehead atoms. The summed E-state index contributed by atoms with van der Waals surface area (Å²) in [5.41, 5.74) is 2.84. The van der Waals surface area contributed by atoms with Crippen molar-refractivity contribution in [3.8, 4) is 11.5 Å². The molecule has 2 aliphatic rings. The van der Waals surface area contributed by atoms with Crippen LogP contribution in [0.1, 0.15) is 75.5 Å². The van der Waals surface area contributed by atoms with Crippen LogP contribution in [0, 0.1) is 0 Å². The van der Waals surface area contributed by atoms with E-state index < -0.39 is 97.2 Å². The predicted molar refractivity (Wildman–Crippen MR) is 333 cm³/mol. The summed E-state index contributed by atoms with van der Waals surface area (Å²) in [6.07, 6.45) is -9.48. The second-order valence-electron chi connectivity index (χ2n) is 21.7. The topological polar surface area (TPSA) is 234 Å². The van der Waals surface area contributed by atoms with E-state index in [1.807, 2.05) is 127 Å². The number of amides is 2. The molecule has 472 valence electrons. The Morgan fingerprint density at radius 3 is 1.53 bits per heavy atom. The Balaban J connectivity index is 1.10. The van der Waals surface area contributed by atoms with Crippen LogP contribution in [0.5, 0.6) is 11.5 Å². The van der Waals surface area contributed by atoms with Crippen molar-refractivity contribution in [2.24, 2.45) is 0 Å². The fourth-order valence-corrected chi connectivity index (χ4v) is 11.4. The number of imide groups is 1. The van der Waals surface area contributed by atoms with Gasteiger partial charge in [0.15, 0.2) is 41.7 Å². The van der Waals surface area contributed by atoms with Crippen molar-refractivity contribution in [2.75, 3.05) is 32.3 Å². The van der Waals surface area contributed by atoms with Gasteiger partial charge in [-0.2, -0.15) is 0 Å². The fourth-order valence-electron chi connectivity index (χ4n) is 11.4. The minimum absolute atomic E-state index is 0.0430. The number of carbonyl (C=O) groups excluding carboxylic acids is 5. The molecule has 0 saturated carbocycles. The summed E-state index contributed by atoms with van der Waals surface area (Å²) in [4.78, 5) is 83.8. The third-order valence-electron chi connectivity index (χ3n) is 15.7. The maximum absolute atomic E-state index is 14.8. The summed E-state index contributed by atoms with van der Waals surface area (Å²) < 4.78 is 73.5. The van der Waals surface area contributed by atoms with Crippen molar-refractivity contribution >= 4 is 46.7 Å². The number of esters is 3. The molecule has 9 aromatic rings. The molecule has 0 unspecified atom stereocenters. The molecule has 2 saturated heterocycles. The molecule has 11 rings (SSSR count). The van der Waals surface area contributed by atoms with E-state index in [1.54, 1.807) is 91.6 Å². The van der Waals surface area contributed by atoms with Crippen LogP contribution in [0.4, 0.5) is 5.82 Å². The van der Waals surface area contributed by atoms with Crippen LogP contribution in [-0.2, 0) is 75.8 Å². The van der Waals surface area contributed by atoms with Gasteiger partial charge in [0, 0.05) is 31.9 Å². The number of benzene rings is 7. The van der Waals surface area contributed by atoms with Gasteiger partial charge in [-0.05, 0) is 76.3 Å². The zero-order valence-corrected chi connectivity index (χ0v) is 51.0. The lowest BCUT2D eigenvalue weighted by Crippen LogP contribution is -2.63. The van der Waals surface area contributed by atoms with Crippen LogP contribution < -0.4 is 14.4 Å². The summed E-state index contributed by atoms with van der Waals surface area (Å²) in [5.74, 6) is -2.46. The standard InChI is InChI=1S/C71H67N5O16/c1-45(77)84-41-57-60(88-46(2)78)62(89-47(3)79)64(86-39-48-21-11-6-12-22-48)70(91-57)92-61-58(42-87-71(52-27-17-9-18-28-52,53-29-19-10-20-30-53)54-33-37-56(83-5)38-34-54)90-69(63(61)85-40-49-31-35-55(82-4)36-32-49)75-44-74-59-65(75)72-43-73-66(59)76(67(80)50-23-13-7-14-24-50)68(81)51-25-15-8-16-26-51/h6-38,43-44,57-58,60-64,69-70H,39-42H2,1-5H3/t57-,58-,60-,61-,62+,63-,64-,69-,70-/m1/s1. The first-order valence-corrected chi connectivity index (χ1v) is 29.7. The predicted octanol–water partition coefficient (Wildman–Crippen LogP) is 9.94. The highest BCUT2D eigenvalue weighted by molar-refractivity contribution is 6.27. The lowest BCUT2D eigenvalue weighted by molar-refractivity contribution is -0.331. The average molecular weight is 1250 g/mol. The van der Waals surface area contributed by atoms with Crippen molar-refractivity contribution < 1.29 is 76.1 Å². The minimum Gasteiger partial charge on any atom is -0.497 e. The molecule has 9 atom stereocenters. The number of fused-ring (bicyclic) bond motifs is 1. The largest absolute Gasteiger partial charge is 0.497 e. The van der Waals surface area contributed by atoms with Crippen molar-refractivity contribution in [2.45, 2.75) is 94.8 Å². The van der Waals surface area contributed by atoms with Crippen molar-refractivity contribution in [3.63, 3.8) is 0 Å². The van der Waals surface area contributed by atoms with Crippen LogP contribution >= 0.6 is 0 Å². The lowest BCUT2D eigenvalue weighted by atomic mass is 9.80. The first-order chi connectivity index (χ1) is 44.8. The molecule has 2 aliphatic heterocycles. The number of rotatable bonds is 24. The summed E-state index contributed by atoms with van der Waals surface area (Å²) in [6, 6.07) is 60.1. The first-order valence-electron chi connectivity index (χ1n) is 29.7. The molecule has 0 aliphatic carbocycles. The van der Waals surface area contributed by atoms with Gasteiger partial charge in [-0.25, -0.2) is 19.9 Å². The molecule has 2 fully saturated rings. The van der Waals surface area contributed by atoms with Gasteiger partial charge in [-0.15, -0.1) is 0 Å². The Labute approximate surface area is 530 Å². The van der Waals surface area contributed by atoms with E-state index in [0.29, 0.717) is 17.1 Å². The van der Waals surface area contributed by atoms with E-state index in [4.69, 9.17) is 62.1 Å². The molecule has 0 N–H and O–H groups in total. The Kier molecular flexibility index (Phi) is 20.2. The molecule has 92 heavy (non-hydrogen) atoms. The number of ether oxygens (including phenoxy) is 11. The molecular formula is C71H67N5O16. The quantitative estimate of drug-likeness (QED) is 0.0237. The number of methoxy groups -OCH3 is 2. The van der Waals surface area contributed by atoms with E-state index in [2.05, 4.69) is 4.98 Å². The molecule has 2 amide bonds. The Morgan fingerprint density at radius 1 is 0.500 bits per heavy atom. The number of hydrogen-bond acceptors (Lipinski definition) is 19. The van der Waals surface area contributed by atoms with E-state index >= 15 is 0 Å². The SMILES string of the molecule is COc1ccc(CO[C@@H]2[C@H](O[C@H]3O[C@H](COC(C)=O)[C@@H](OC(C)=O)[C@H](OC(C)=O)[C@H]3OCc3ccccc3)[C@@H](COC(c3ccccc3)(c3ccccc3)c3ccc(OC)cc3)O[C@H]2n2cnc3c(N(C(=O)c4ccccc4)C(=O)c4ccccc4)ncnc32)cc1. The van der Waals surface area contributed by atoms with Crippen molar-refractivity contribution in [1.82, 2.24) is 19.5 Å². The van der Waals surface area contributed by atoms with Crippen LogP contribution in [0.2, 0.25) is 0 Å². The maximum Gasteiger partial charge on any atom is 0.303 e.